The summed E-state index contributed by atoms with van der Waals surface area (Å²) in [6.07, 6.45) is 0.453. The van der Waals surface area contributed by atoms with Crippen molar-refractivity contribution in [3.63, 3.8) is 0 Å². The molecule has 7 aromatic rings. The molecule has 4 heteroatoms. The van der Waals surface area contributed by atoms with Gasteiger partial charge in [0.25, 0.3) is 0 Å². The third-order valence-corrected chi connectivity index (χ3v) is 11.1. The van der Waals surface area contributed by atoms with Crippen LogP contribution in [0.1, 0.15) is 59.0 Å². The highest BCUT2D eigenvalue weighted by Gasteiger charge is 2.40. The van der Waals surface area contributed by atoms with Crippen LogP contribution in [-0.4, -0.2) is 11.7 Å². The summed E-state index contributed by atoms with van der Waals surface area (Å²) < 4.78 is 0. The number of amidine groups is 2. The van der Waals surface area contributed by atoms with Gasteiger partial charge in [0, 0.05) is 45.5 Å². The molecule has 10 rings (SSSR count). The normalized spacial score (nSPS) is 16.3. The van der Waals surface area contributed by atoms with Crippen molar-refractivity contribution in [2.75, 3.05) is 4.90 Å². The molecule has 0 spiro atoms. The molecule has 4 nitrogen and oxygen atoms in total. The lowest BCUT2D eigenvalue weighted by molar-refractivity contribution is 0.660. The van der Waals surface area contributed by atoms with Gasteiger partial charge in [-0.3, -0.25) is 0 Å². The Kier molecular flexibility index (Phi) is 7.26. The van der Waals surface area contributed by atoms with E-state index in [0.29, 0.717) is 0 Å². The highest BCUT2D eigenvalue weighted by molar-refractivity contribution is 6.16. The third-order valence-electron chi connectivity index (χ3n) is 11.1. The Balaban J connectivity index is 1.13. The first-order valence-electron chi connectivity index (χ1n) is 18.4. The van der Waals surface area contributed by atoms with Crippen LogP contribution in [0, 0.1) is 0 Å². The van der Waals surface area contributed by atoms with Gasteiger partial charge in [-0.05, 0) is 63.2 Å². The summed E-state index contributed by atoms with van der Waals surface area (Å²) in [5.41, 5.74) is 17.0. The molecule has 1 atom stereocenters. The van der Waals surface area contributed by atoms with Gasteiger partial charge in [-0.1, -0.05) is 159 Å². The molecule has 0 saturated carbocycles. The average Bonchev–Trinajstić information content (AvgIpc) is 3.46. The second-order valence-electron chi connectivity index (χ2n) is 14.7. The van der Waals surface area contributed by atoms with Crippen LogP contribution in [0.5, 0.6) is 0 Å². The molecule has 7 aromatic carbocycles. The Morgan fingerprint density at radius 3 is 2.04 bits per heavy atom. The molecule has 1 unspecified atom stereocenters. The van der Waals surface area contributed by atoms with E-state index in [2.05, 4.69) is 188 Å². The smallest absolute Gasteiger partial charge is 0.169 e. The van der Waals surface area contributed by atoms with E-state index in [1.165, 1.54) is 50.3 Å². The van der Waals surface area contributed by atoms with Crippen molar-refractivity contribution in [1.82, 2.24) is 5.32 Å². The van der Waals surface area contributed by atoms with Crippen molar-refractivity contribution in [2.24, 2.45) is 9.98 Å². The van der Waals surface area contributed by atoms with Crippen LogP contribution in [0.4, 0.5) is 17.1 Å². The Morgan fingerprint density at radius 1 is 0.547 bits per heavy atom. The molecular formula is C49H38N4. The van der Waals surface area contributed by atoms with Crippen molar-refractivity contribution in [3.8, 4) is 22.3 Å². The van der Waals surface area contributed by atoms with Crippen LogP contribution in [0.3, 0.4) is 0 Å². The summed E-state index contributed by atoms with van der Waals surface area (Å²) in [7, 11) is 0. The maximum Gasteiger partial charge on any atom is 0.169 e. The van der Waals surface area contributed by atoms with Crippen LogP contribution in [0.15, 0.2) is 180 Å². The molecule has 0 amide bonds. The topological polar surface area (TPSA) is 40.0 Å². The quantitative estimate of drug-likeness (QED) is 0.196. The van der Waals surface area contributed by atoms with Crippen LogP contribution < -0.4 is 10.2 Å². The van der Waals surface area contributed by atoms with Gasteiger partial charge in [-0.25, -0.2) is 9.98 Å². The standard InChI is InChI=1S/C49H38N4/c1-49(2)41-25-11-10-24-40(41)44-42(49)28-27-36-30-35-19-9-12-26-43(35)53(45(36)44)39-23-14-22-38(31-39)48-51-46(33-17-7-4-8-18-33)50-47(52-48)37-21-13-20-34(29-37)32-15-5-3-6-16-32/h3-29,31,48H,30H2,1-2H3,(H,50,51,52). The van der Waals surface area contributed by atoms with Gasteiger partial charge < -0.3 is 10.2 Å². The number of nitrogens with zero attached hydrogens (tertiary/aromatic N) is 3. The Hall–Kier alpha value is -6.52. The lowest BCUT2D eigenvalue weighted by atomic mass is 9.81. The molecule has 0 bridgehead atoms. The van der Waals surface area contributed by atoms with Gasteiger partial charge in [-0.15, -0.1) is 0 Å². The van der Waals surface area contributed by atoms with Gasteiger partial charge in [0.1, 0.15) is 11.7 Å². The zero-order valence-electron chi connectivity index (χ0n) is 29.8. The minimum atomic E-state index is -0.442. The first kappa shape index (κ1) is 31.2. The molecule has 0 radical (unpaired) electrons. The number of hydrogen-bond donors (Lipinski definition) is 1. The number of anilines is 3. The van der Waals surface area contributed by atoms with E-state index in [4.69, 9.17) is 9.98 Å². The zero-order chi connectivity index (χ0) is 35.5. The molecule has 254 valence electrons. The minimum absolute atomic E-state index is 0.0912. The number of rotatable bonds is 5. The van der Waals surface area contributed by atoms with Gasteiger partial charge >= 0.3 is 0 Å². The fraction of sp³-hybridized carbons (Fsp3) is 0.102. The van der Waals surface area contributed by atoms with Gasteiger partial charge in [0.05, 0.1) is 5.69 Å². The van der Waals surface area contributed by atoms with Crippen LogP contribution in [0.2, 0.25) is 0 Å². The SMILES string of the molecule is CC1(C)c2ccccc2-c2c1ccc1c2N(c2cccc(C3N=C(c4ccccc4)NC(c4cccc(-c5ccccc5)c4)=N3)c2)c2ccccc2C1. The Morgan fingerprint density at radius 2 is 1.21 bits per heavy atom. The van der Waals surface area contributed by atoms with Crippen LogP contribution in [0.25, 0.3) is 22.3 Å². The van der Waals surface area contributed by atoms with Crippen molar-refractivity contribution >= 4 is 28.7 Å². The number of para-hydroxylation sites is 1. The van der Waals surface area contributed by atoms with Crippen molar-refractivity contribution in [2.45, 2.75) is 31.8 Å². The molecule has 1 N–H and O–H groups in total. The van der Waals surface area contributed by atoms with Gasteiger partial charge in [-0.2, -0.15) is 0 Å². The average molecular weight is 683 g/mol. The molecule has 0 aromatic heterocycles. The van der Waals surface area contributed by atoms with Gasteiger partial charge in [0.15, 0.2) is 6.17 Å². The lowest BCUT2D eigenvalue weighted by Crippen LogP contribution is -2.36. The number of benzene rings is 7. The van der Waals surface area contributed by atoms with E-state index >= 15 is 0 Å². The van der Waals surface area contributed by atoms with E-state index in [1.54, 1.807) is 0 Å². The van der Waals surface area contributed by atoms with E-state index in [0.717, 1.165) is 46.0 Å². The Labute approximate surface area is 310 Å². The predicted molar refractivity (Wildman–Crippen MR) is 219 cm³/mol. The molecule has 2 aliphatic heterocycles. The molecule has 53 heavy (non-hydrogen) atoms. The third kappa shape index (κ3) is 5.21. The Bertz CT molecular complexity index is 2600. The maximum absolute atomic E-state index is 5.31. The van der Waals surface area contributed by atoms with Gasteiger partial charge in [0.2, 0.25) is 0 Å². The molecule has 3 aliphatic rings. The summed E-state index contributed by atoms with van der Waals surface area (Å²) in [5.74, 6) is 1.61. The van der Waals surface area contributed by atoms with E-state index in [1.807, 2.05) is 6.07 Å². The number of hydrogen-bond acceptors (Lipinski definition) is 4. The fourth-order valence-corrected chi connectivity index (χ4v) is 8.48. The number of aliphatic imine (C=N–C) groups is 2. The molecular weight excluding hydrogens is 645 g/mol. The maximum atomic E-state index is 5.31. The first-order valence-corrected chi connectivity index (χ1v) is 18.4. The van der Waals surface area contributed by atoms with E-state index < -0.39 is 6.17 Å². The number of fused-ring (bicyclic) bond motifs is 6. The first-order chi connectivity index (χ1) is 26.0. The number of nitrogens with one attached hydrogen (secondary N) is 1. The molecule has 0 fully saturated rings. The fourth-order valence-electron chi connectivity index (χ4n) is 8.48. The lowest BCUT2D eigenvalue weighted by Gasteiger charge is -2.36. The van der Waals surface area contributed by atoms with Crippen LogP contribution in [-0.2, 0) is 11.8 Å². The molecule has 0 saturated heterocycles. The highest BCUT2D eigenvalue weighted by atomic mass is 15.2. The van der Waals surface area contributed by atoms with Crippen molar-refractivity contribution in [1.29, 1.82) is 0 Å². The largest absolute Gasteiger partial charge is 0.324 e. The minimum Gasteiger partial charge on any atom is -0.324 e. The van der Waals surface area contributed by atoms with E-state index in [-0.39, 0.29) is 5.41 Å². The van der Waals surface area contributed by atoms with E-state index in [9.17, 15) is 0 Å². The second-order valence-corrected chi connectivity index (χ2v) is 14.7. The highest BCUT2D eigenvalue weighted by Crippen LogP contribution is 2.57. The van der Waals surface area contributed by atoms with Crippen molar-refractivity contribution < 1.29 is 0 Å². The zero-order valence-corrected chi connectivity index (χ0v) is 29.8. The van der Waals surface area contributed by atoms with Crippen molar-refractivity contribution in [3.05, 3.63) is 209 Å². The summed E-state index contributed by atoms with van der Waals surface area (Å²) in [6.45, 7) is 4.72. The molecule has 2 heterocycles. The monoisotopic (exact) mass is 682 g/mol. The summed E-state index contributed by atoms with van der Waals surface area (Å²) >= 11 is 0. The summed E-state index contributed by atoms with van der Waals surface area (Å²) in [4.78, 5) is 13.1. The second kappa shape index (κ2) is 12.3. The van der Waals surface area contributed by atoms with Crippen LogP contribution >= 0.6 is 0 Å². The summed E-state index contributed by atoms with van der Waals surface area (Å²) in [6, 6.07) is 60.8. The summed E-state index contributed by atoms with van der Waals surface area (Å²) in [5, 5.41) is 3.60. The predicted octanol–water partition coefficient (Wildman–Crippen LogP) is 11.5. The molecule has 1 aliphatic carbocycles.